The van der Waals surface area contributed by atoms with Gasteiger partial charge in [-0.2, -0.15) is 8.42 Å². The molecule has 0 saturated carbocycles. The molecule has 0 amide bonds. The second kappa shape index (κ2) is 7.21. The van der Waals surface area contributed by atoms with Crippen molar-refractivity contribution in [3.8, 4) is 5.75 Å². The Balaban J connectivity index is 2.30. The van der Waals surface area contributed by atoms with Crippen molar-refractivity contribution in [2.24, 2.45) is 0 Å². The molecule has 0 aliphatic carbocycles. The van der Waals surface area contributed by atoms with Crippen molar-refractivity contribution in [3.05, 3.63) is 58.1 Å². The van der Waals surface area contributed by atoms with E-state index in [1.165, 1.54) is 24.3 Å². The van der Waals surface area contributed by atoms with E-state index in [1.807, 2.05) is 0 Å². The Morgan fingerprint density at radius 1 is 1.09 bits per heavy atom. The van der Waals surface area contributed by atoms with Crippen molar-refractivity contribution >= 4 is 39.3 Å². The number of carboxylic acids is 1. The minimum Gasteiger partial charge on any atom is -0.481 e. The van der Waals surface area contributed by atoms with Gasteiger partial charge in [-0.25, -0.2) is 0 Å². The zero-order valence-corrected chi connectivity index (χ0v) is 14.0. The minimum atomic E-state index is -4.10. The molecule has 0 aromatic heterocycles. The highest BCUT2D eigenvalue weighted by Gasteiger charge is 2.19. The topological polar surface area (TPSA) is 80.7 Å². The first-order chi connectivity index (χ1) is 10.8. The van der Waals surface area contributed by atoms with Crippen LogP contribution in [0.2, 0.25) is 10.0 Å². The molecule has 1 N–H and O–H groups in total. The second-order valence-electron chi connectivity index (χ2n) is 4.61. The monoisotopic (exact) mass is 374 g/mol. The molecule has 2 rings (SSSR count). The van der Waals surface area contributed by atoms with Crippen LogP contribution >= 0.6 is 23.2 Å². The smallest absolute Gasteiger partial charge is 0.339 e. The molecule has 8 heteroatoms. The molecule has 0 heterocycles. The van der Waals surface area contributed by atoms with Gasteiger partial charge in [0, 0.05) is 6.42 Å². The number of aliphatic carboxylic acids is 1. The normalized spacial score (nSPS) is 11.2. The lowest BCUT2D eigenvalue weighted by Crippen LogP contribution is -2.11. The van der Waals surface area contributed by atoms with E-state index in [2.05, 4.69) is 0 Å². The number of benzene rings is 2. The first kappa shape index (κ1) is 17.6. The van der Waals surface area contributed by atoms with Gasteiger partial charge in [-0.05, 0) is 36.2 Å². The van der Waals surface area contributed by atoms with Gasteiger partial charge in [0.25, 0.3) is 0 Å². The molecule has 2 aromatic rings. The van der Waals surface area contributed by atoms with Crippen LogP contribution in [-0.2, 0) is 21.3 Å². The maximum absolute atomic E-state index is 12.3. The Kier molecular flexibility index (Phi) is 5.51. The number of halogens is 2. The summed E-state index contributed by atoms with van der Waals surface area (Å²) in [4.78, 5) is 10.5. The van der Waals surface area contributed by atoms with E-state index in [0.29, 0.717) is 5.56 Å². The van der Waals surface area contributed by atoms with Crippen LogP contribution < -0.4 is 4.18 Å². The highest BCUT2D eigenvalue weighted by Crippen LogP contribution is 2.28. The largest absolute Gasteiger partial charge is 0.481 e. The number of carbonyl (C=O) groups is 1. The van der Waals surface area contributed by atoms with Gasteiger partial charge in [0.05, 0.1) is 10.0 Å². The van der Waals surface area contributed by atoms with E-state index < -0.39 is 16.1 Å². The number of para-hydroxylation sites is 1. The molecule has 5 nitrogen and oxygen atoms in total. The van der Waals surface area contributed by atoms with E-state index in [1.54, 1.807) is 18.2 Å². The van der Waals surface area contributed by atoms with Gasteiger partial charge >= 0.3 is 16.1 Å². The molecule has 0 saturated heterocycles. The molecular formula is C15H12Cl2O5S. The molecule has 122 valence electrons. The van der Waals surface area contributed by atoms with Gasteiger partial charge in [-0.1, -0.05) is 41.4 Å². The molecule has 0 aliphatic rings. The van der Waals surface area contributed by atoms with Gasteiger partial charge in [-0.15, -0.1) is 0 Å². The Morgan fingerprint density at radius 3 is 2.43 bits per heavy atom. The zero-order chi connectivity index (χ0) is 17.0. The molecule has 2 aromatic carbocycles. The Morgan fingerprint density at radius 2 is 1.78 bits per heavy atom. The van der Waals surface area contributed by atoms with Crippen molar-refractivity contribution in [2.75, 3.05) is 0 Å². The molecule has 0 spiro atoms. The molecular weight excluding hydrogens is 363 g/mol. The van der Waals surface area contributed by atoms with Crippen molar-refractivity contribution in [1.29, 1.82) is 0 Å². The van der Waals surface area contributed by atoms with Crippen molar-refractivity contribution < 1.29 is 22.5 Å². The van der Waals surface area contributed by atoms with Crippen LogP contribution in [0.25, 0.3) is 0 Å². The summed E-state index contributed by atoms with van der Waals surface area (Å²) in [6, 6.07) is 10.2. The van der Waals surface area contributed by atoms with Gasteiger partial charge in [-0.3, -0.25) is 4.79 Å². The van der Waals surface area contributed by atoms with Crippen LogP contribution in [0.1, 0.15) is 12.0 Å². The molecule has 0 radical (unpaired) electrons. The molecule has 0 unspecified atom stereocenters. The molecule has 0 aliphatic heterocycles. The molecule has 0 atom stereocenters. The van der Waals surface area contributed by atoms with Gasteiger partial charge in [0.15, 0.2) is 0 Å². The van der Waals surface area contributed by atoms with E-state index in [-0.39, 0.29) is 33.5 Å². The summed E-state index contributed by atoms with van der Waals surface area (Å²) in [6.07, 6.45) is 0.0234. The summed E-state index contributed by atoms with van der Waals surface area (Å²) in [5.74, 6) is -0.896. The summed E-state index contributed by atoms with van der Waals surface area (Å²) in [5, 5.41) is 9.07. The third kappa shape index (κ3) is 4.60. The SMILES string of the molecule is O=C(O)CCc1ccccc1OS(=O)(=O)c1ccc(Cl)c(Cl)c1. The highest BCUT2D eigenvalue weighted by molar-refractivity contribution is 7.87. The lowest BCUT2D eigenvalue weighted by molar-refractivity contribution is -0.136. The number of hydrogen-bond acceptors (Lipinski definition) is 4. The standard InChI is InChI=1S/C15H12Cl2O5S/c16-12-7-6-11(9-13(12)17)23(20,21)22-14-4-2-1-3-10(14)5-8-15(18)19/h1-4,6-7,9H,5,8H2,(H,18,19). The fourth-order valence-corrected chi connectivity index (χ4v) is 3.19. The van der Waals surface area contributed by atoms with Gasteiger partial charge in [0.1, 0.15) is 10.6 Å². The lowest BCUT2D eigenvalue weighted by atomic mass is 10.1. The second-order valence-corrected chi connectivity index (χ2v) is 6.98. The third-order valence-electron chi connectivity index (χ3n) is 2.96. The van der Waals surface area contributed by atoms with Crippen LogP contribution in [-0.4, -0.2) is 19.5 Å². The lowest BCUT2D eigenvalue weighted by Gasteiger charge is -2.11. The van der Waals surface area contributed by atoms with Crippen molar-refractivity contribution in [2.45, 2.75) is 17.7 Å². The number of hydrogen-bond donors (Lipinski definition) is 1. The van der Waals surface area contributed by atoms with Crippen LogP contribution in [0.4, 0.5) is 0 Å². The van der Waals surface area contributed by atoms with Gasteiger partial charge in [0.2, 0.25) is 0 Å². The molecule has 23 heavy (non-hydrogen) atoms. The molecule has 0 bridgehead atoms. The van der Waals surface area contributed by atoms with Crippen LogP contribution in [0, 0.1) is 0 Å². The quantitative estimate of drug-likeness (QED) is 0.778. The van der Waals surface area contributed by atoms with Crippen molar-refractivity contribution in [3.63, 3.8) is 0 Å². The number of rotatable bonds is 6. The van der Waals surface area contributed by atoms with E-state index in [4.69, 9.17) is 32.5 Å². The Hall–Kier alpha value is -1.76. The fraction of sp³-hybridized carbons (Fsp3) is 0.133. The summed E-state index contributed by atoms with van der Waals surface area (Å²) in [6.45, 7) is 0. The summed E-state index contributed by atoms with van der Waals surface area (Å²) in [7, 11) is -4.10. The maximum atomic E-state index is 12.3. The van der Waals surface area contributed by atoms with Crippen LogP contribution in [0.3, 0.4) is 0 Å². The average molecular weight is 375 g/mol. The van der Waals surface area contributed by atoms with Crippen LogP contribution in [0.5, 0.6) is 5.75 Å². The summed E-state index contributed by atoms with van der Waals surface area (Å²) in [5.41, 5.74) is 0.485. The Labute approximate surface area is 143 Å². The Bertz CT molecular complexity index is 834. The first-order valence-corrected chi connectivity index (χ1v) is 8.65. The average Bonchev–Trinajstić information content (AvgIpc) is 2.48. The van der Waals surface area contributed by atoms with E-state index in [0.717, 1.165) is 0 Å². The highest BCUT2D eigenvalue weighted by atomic mass is 35.5. The predicted molar refractivity (Wildman–Crippen MR) is 86.7 cm³/mol. The third-order valence-corrected chi connectivity index (χ3v) is 4.93. The minimum absolute atomic E-state index is 0.0832. The summed E-state index contributed by atoms with van der Waals surface area (Å²) < 4.78 is 29.8. The fourth-order valence-electron chi connectivity index (χ4n) is 1.83. The number of carboxylic acid groups (broad SMARTS) is 1. The van der Waals surface area contributed by atoms with Gasteiger partial charge < -0.3 is 9.29 Å². The maximum Gasteiger partial charge on any atom is 0.339 e. The number of aryl methyl sites for hydroxylation is 1. The van der Waals surface area contributed by atoms with Crippen molar-refractivity contribution in [1.82, 2.24) is 0 Å². The van der Waals surface area contributed by atoms with E-state index >= 15 is 0 Å². The van der Waals surface area contributed by atoms with Crippen LogP contribution in [0.15, 0.2) is 47.4 Å². The van der Waals surface area contributed by atoms with E-state index in [9.17, 15) is 13.2 Å². The summed E-state index contributed by atoms with van der Waals surface area (Å²) >= 11 is 11.6. The molecule has 0 fully saturated rings. The zero-order valence-electron chi connectivity index (χ0n) is 11.7. The predicted octanol–water partition coefficient (Wildman–Crippen LogP) is 3.78. The first-order valence-electron chi connectivity index (χ1n) is 6.49.